The first-order chi connectivity index (χ1) is 45.4. The van der Waals surface area contributed by atoms with Crippen molar-refractivity contribution >= 4 is 67.0 Å². The molecule has 4 N–H and O–H groups in total. The van der Waals surface area contributed by atoms with Crippen molar-refractivity contribution in [3.8, 4) is 95.7 Å². The first-order valence-electron chi connectivity index (χ1n) is 29.1. The molecule has 95 heavy (non-hydrogen) atoms. The second-order valence-corrected chi connectivity index (χ2v) is 23.3. The van der Waals surface area contributed by atoms with Gasteiger partial charge >= 0.3 is 7.12 Å². The molecule has 4 aromatic heterocycles. The molecule has 0 aliphatic rings. The number of rotatable bonds is 12. The SMILES string of the molecule is Brc1cn[nH]c1.C.C.COc1cccc(-n2cc(-c3ccc(-c4ccccc4)cc3)cn2)c1.COc1cccc(-n2cc(Br)cn2)c1.COc1cccc(I)c1.OB(O)c1ccc(-c2ccccc2)cc1.Oc1cccc(-n2cc(-c3ccc(-c4ccccc4)cc3)cn2)c1. The number of nitrogens with zero attached hydrogens (tertiary/aromatic N) is 7. The lowest BCUT2D eigenvalue weighted by atomic mass is 9.80. The number of ether oxygens (including phenoxy) is 3. The summed E-state index contributed by atoms with van der Waals surface area (Å²) in [5.74, 6) is 2.80. The highest BCUT2D eigenvalue weighted by molar-refractivity contribution is 14.1. The fourth-order valence-corrected chi connectivity index (χ4v) is 10.1. The van der Waals surface area contributed by atoms with Crippen LogP contribution in [0.25, 0.3) is 72.7 Å². The lowest BCUT2D eigenvalue weighted by Crippen LogP contribution is -2.29. The van der Waals surface area contributed by atoms with Crippen molar-refractivity contribution in [3.63, 3.8) is 0 Å². The van der Waals surface area contributed by atoms with Crippen LogP contribution in [-0.2, 0) is 0 Å². The van der Waals surface area contributed by atoms with Crippen molar-refractivity contribution in [2.45, 2.75) is 14.9 Å². The molecule has 0 aliphatic carbocycles. The van der Waals surface area contributed by atoms with Crippen LogP contribution < -0.4 is 19.7 Å². The molecule has 0 radical (unpaired) electrons. The van der Waals surface area contributed by atoms with E-state index < -0.39 is 7.12 Å². The van der Waals surface area contributed by atoms with Crippen LogP contribution in [0.5, 0.6) is 23.0 Å². The Labute approximate surface area is 586 Å². The molecule has 0 unspecified atom stereocenters. The third-order valence-corrected chi connectivity index (χ3v) is 15.4. The largest absolute Gasteiger partial charge is 0.508 e. The number of nitrogens with one attached hydrogen (secondary N) is 1. The maximum atomic E-state index is 9.60. The van der Waals surface area contributed by atoms with Gasteiger partial charge in [-0.2, -0.15) is 20.4 Å². The summed E-state index contributed by atoms with van der Waals surface area (Å²) >= 11 is 8.79. The number of benzene rings is 10. The molecule has 0 aliphatic heterocycles. The zero-order valence-corrected chi connectivity index (χ0v) is 56.2. The van der Waals surface area contributed by atoms with Crippen LogP contribution in [0.3, 0.4) is 0 Å². The van der Waals surface area contributed by atoms with E-state index in [9.17, 15) is 5.11 Å². The molecule has 0 bridgehead atoms. The molecule has 0 saturated heterocycles. The van der Waals surface area contributed by atoms with Crippen LogP contribution in [-0.4, -0.2) is 83.1 Å². The van der Waals surface area contributed by atoms with E-state index >= 15 is 0 Å². The van der Waals surface area contributed by atoms with E-state index in [1.54, 1.807) is 79.6 Å². The number of H-pyrrole nitrogens is 1. The third-order valence-electron chi connectivity index (χ3n) is 13.9. The monoisotopic (exact) mass is 1500 g/mol. The number of phenolic OH excluding ortho intramolecular Hbond substituents is 1. The molecule has 18 heteroatoms. The van der Waals surface area contributed by atoms with Crippen molar-refractivity contribution in [1.29, 1.82) is 0 Å². The Morgan fingerprint density at radius 2 is 0.737 bits per heavy atom. The fraction of sp³-hybridized carbons (Fsp3) is 0.0649. The highest BCUT2D eigenvalue weighted by atomic mass is 127. The van der Waals surface area contributed by atoms with Crippen molar-refractivity contribution in [2.75, 3.05) is 21.3 Å². The van der Waals surface area contributed by atoms with Crippen molar-refractivity contribution in [3.05, 3.63) is 323 Å². The average Bonchev–Trinajstić information content (AvgIpc) is 1.78. The van der Waals surface area contributed by atoms with E-state index in [4.69, 9.17) is 24.3 Å². The second-order valence-electron chi connectivity index (χ2n) is 20.2. The lowest BCUT2D eigenvalue weighted by Gasteiger charge is -2.04. The number of aromatic amines is 1. The smallest absolute Gasteiger partial charge is 0.488 e. The summed E-state index contributed by atoms with van der Waals surface area (Å²) in [6.07, 6.45) is 14.8. The molecule has 0 amide bonds. The summed E-state index contributed by atoms with van der Waals surface area (Å²) in [6, 6.07) is 85.5. The summed E-state index contributed by atoms with van der Waals surface area (Å²) in [7, 11) is 3.60. The topological polar surface area (TPSA) is 171 Å². The van der Waals surface area contributed by atoms with Gasteiger partial charge < -0.3 is 29.4 Å². The van der Waals surface area contributed by atoms with Gasteiger partial charge in [0.25, 0.3) is 0 Å². The first kappa shape index (κ1) is 72.3. The number of aromatic hydroxyl groups is 1. The van der Waals surface area contributed by atoms with Crippen molar-refractivity contribution in [1.82, 2.24) is 39.5 Å². The van der Waals surface area contributed by atoms with Gasteiger partial charge in [0.1, 0.15) is 23.0 Å². The Hall–Kier alpha value is -10.1. The number of hydrogen-bond acceptors (Lipinski definition) is 10. The van der Waals surface area contributed by atoms with E-state index in [-0.39, 0.29) is 20.6 Å². The normalized spacial score (nSPS) is 9.98. The minimum atomic E-state index is -1.39. The third kappa shape index (κ3) is 22.0. The van der Waals surface area contributed by atoms with Gasteiger partial charge in [-0.05, 0) is 159 Å². The summed E-state index contributed by atoms with van der Waals surface area (Å²) in [6.45, 7) is 0. The van der Waals surface area contributed by atoms with E-state index in [2.05, 4.69) is 165 Å². The molecule has 480 valence electrons. The summed E-state index contributed by atoms with van der Waals surface area (Å²) in [4.78, 5) is 0. The standard InChI is InChI=1S/C22H18N2O.C21H16N2O.C12H11BO2.C10H9BrN2O.C7H7IO.C3H3BrN2.2CH4/c1-25-22-9-5-8-21(14-22)24-16-20(15-23-24)19-12-10-18(11-13-19)17-6-3-2-4-7-17;24-21-8-4-7-20(13-21)23-15-19(14-22-23)18-11-9-17(10-12-18)16-5-2-1-3-6-16;14-13(15)12-8-6-11(7-9-12)10-4-2-1-3-5-10;1-14-10-4-2-3-9(5-10)13-7-8(11)6-12-13;1-9-7-4-2-3-6(8)5-7;4-3-1-5-6-2-3;;/h2-16H,1H3;1-15,24H;1-9,14-15H;2-7H,1H3;2-5H,1H3;1-2H,(H,5,6);2*1H4. The Morgan fingerprint density at radius 3 is 1.07 bits per heavy atom. The highest BCUT2D eigenvalue weighted by Gasteiger charge is 2.11. The van der Waals surface area contributed by atoms with Gasteiger partial charge in [-0.15, -0.1) is 0 Å². The van der Waals surface area contributed by atoms with Gasteiger partial charge in [0, 0.05) is 57.7 Å². The molecule has 14 rings (SSSR count). The Morgan fingerprint density at radius 1 is 0.379 bits per heavy atom. The molecule has 14 aromatic rings. The summed E-state index contributed by atoms with van der Waals surface area (Å²) < 4.78 is 24.0. The van der Waals surface area contributed by atoms with Crippen LogP contribution in [0, 0.1) is 3.57 Å². The van der Waals surface area contributed by atoms with Crippen LogP contribution in [0.2, 0.25) is 0 Å². The molecule has 0 atom stereocenters. The highest BCUT2D eigenvalue weighted by Crippen LogP contribution is 2.29. The number of halogens is 3. The maximum absolute atomic E-state index is 9.60. The minimum Gasteiger partial charge on any atom is -0.508 e. The summed E-state index contributed by atoms with van der Waals surface area (Å²) in [5.41, 5.74) is 14.7. The molecule has 0 spiro atoms. The Bertz CT molecular complexity index is 4490. The van der Waals surface area contributed by atoms with Gasteiger partial charge in [0.15, 0.2) is 0 Å². The minimum absolute atomic E-state index is 0. The molecule has 4 heterocycles. The molecule has 0 fully saturated rings. The van der Waals surface area contributed by atoms with Crippen LogP contribution in [0.15, 0.2) is 319 Å². The fourth-order valence-electron chi connectivity index (χ4n) is 9.09. The van der Waals surface area contributed by atoms with Gasteiger partial charge in [-0.3, -0.25) is 5.10 Å². The zero-order valence-electron chi connectivity index (χ0n) is 50.9. The van der Waals surface area contributed by atoms with Crippen molar-refractivity contribution < 1.29 is 29.4 Å². The van der Waals surface area contributed by atoms with Crippen LogP contribution in [0.1, 0.15) is 14.9 Å². The molecular weight excluding hydrogens is 1430 g/mol. The number of hydrogen-bond donors (Lipinski definition) is 4. The maximum Gasteiger partial charge on any atom is 0.488 e. The quantitative estimate of drug-likeness (QED) is 0.0682. The average molecular weight is 1500 g/mol. The molecule has 14 nitrogen and oxygen atoms in total. The second kappa shape index (κ2) is 37.6. The van der Waals surface area contributed by atoms with Crippen LogP contribution >= 0.6 is 54.5 Å². The molecular formula is C77H72BBr2IN8O6. The van der Waals surface area contributed by atoms with Gasteiger partial charge in [0.2, 0.25) is 0 Å². The Balaban J connectivity index is 0.000000169. The predicted molar refractivity (Wildman–Crippen MR) is 402 cm³/mol. The van der Waals surface area contributed by atoms with E-state index in [0.717, 1.165) is 76.6 Å². The van der Waals surface area contributed by atoms with Crippen molar-refractivity contribution in [2.24, 2.45) is 0 Å². The number of aromatic nitrogens is 8. The summed E-state index contributed by atoms with van der Waals surface area (Å²) in [5, 5.41) is 46.8. The Kier molecular flexibility index (Phi) is 28.6. The van der Waals surface area contributed by atoms with Gasteiger partial charge in [-0.25, -0.2) is 14.0 Å². The first-order valence-corrected chi connectivity index (χ1v) is 31.7. The lowest BCUT2D eigenvalue weighted by molar-refractivity contribution is 0.414. The van der Waals surface area contributed by atoms with E-state index in [1.165, 1.54) is 25.8 Å². The van der Waals surface area contributed by atoms with Crippen LogP contribution in [0.4, 0.5) is 0 Å². The van der Waals surface area contributed by atoms with Gasteiger partial charge in [0.05, 0.1) is 72.1 Å². The van der Waals surface area contributed by atoms with Gasteiger partial charge in [-0.1, -0.05) is 203 Å². The number of methoxy groups -OCH3 is 3. The number of phenols is 1. The predicted octanol–water partition coefficient (Wildman–Crippen LogP) is 18.5. The van der Waals surface area contributed by atoms with E-state index in [1.807, 2.05) is 181 Å². The molecule has 0 saturated carbocycles. The zero-order chi connectivity index (χ0) is 65.2. The van der Waals surface area contributed by atoms with E-state index in [0.29, 0.717) is 5.46 Å². The molecule has 10 aromatic carbocycles.